The molecule has 262 valence electrons. The smallest absolute Gasteiger partial charge is 0.180 e. The van der Waals surface area contributed by atoms with Crippen molar-refractivity contribution < 1.29 is 4.42 Å². The highest BCUT2D eigenvalue weighted by molar-refractivity contribution is 6.07. The number of nitrogens with zero attached hydrogens (tertiary/aromatic N) is 2. The summed E-state index contributed by atoms with van der Waals surface area (Å²) in [5.41, 5.74) is 16.2. The van der Waals surface area contributed by atoms with E-state index in [1.165, 1.54) is 33.4 Å². The van der Waals surface area contributed by atoms with Crippen LogP contribution in [0.1, 0.15) is 22.3 Å². The monoisotopic (exact) mass is 714 g/mol. The lowest BCUT2D eigenvalue weighted by Crippen LogP contribution is -2.28. The molecule has 0 unspecified atom stereocenters. The van der Waals surface area contributed by atoms with Crippen LogP contribution in [-0.4, -0.2) is 9.97 Å². The van der Waals surface area contributed by atoms with Crippen LogP contribution in [0.15, 0.2) is 211 Å². The summed E-state index contributed by atoms with van der Waals surface area (Å²) < 4.78 is 6.61. The highest BCUT2D eigenvalue weighted by Crippen LogP contribution is 2.58. The molecule has 0 N–H and O–H groups in total. The van der Waals surface area contributed by atoms with E-state index >= 15 is 0 Å². The standard InChI is InChI=1S/C53H34N2O/c1-5-18-35(19-6-1)37-22-17-23-38(32-37)49-51-50(42-29-14-16-31-48(42)56-51)55-52(54-49)45-33-44-41-28-13-15-30-46(41)53(39-24-9-3-10-25-39,40-26-11-4-12-27-40)47(44)34-43(45)36-20-7-2-8-21-36/h1-34H. The zero-order chi connectivity index (χ0) is 37.1. The van der Waals surface area contributed by atoms with Gasteiger partial charge >= 0.3 is 0 Å². The number of fused-ring (bicyclic) bond motifs is 6. The highest BCUT2D eigenvalue weighted by atomic mass is 16.3. The Morgan fingerprint density at radius 1 is 0.375 bits per heavy atom. The van der Waals surface area contributed by atoms with E-state index in [4.69, 9.17) is 14.4 Å². The van der Waals surface area contributed by atoms with Crippen LogP contribution < -0.4 is 0 Å². The first-order chi connectivity index (χ1) is 27.8. The average molecular weight is 715 g/mol. The van der Waals surface area contributed by atoms with E-state index in [2.05, 4.69) is 182 Å². The van der Waals surface area contributed by atoms with Crippen LogP contribution in [0.2, 0.25) is 0 Å². The second-order valence-electron chi connectivity index (χ2n) is 14.5. The third-order valence-corrected chi connectivity index (χ3v) is 11.4. The van der Waals surface area contributed by atoms with Gasteiger partial charge in [0.2, 0.25) is 0 Å². The van der Waals surface area contributed by atoms with Crippen molar-refractivity contribution in [2.24, 2.45) is 0 Å². The summed E-state index contributed by atoms with van der Waals surface area (Å²) in [6.45, 7) is 0. The fourth-order valence-electron chi connectivity index (χ4n) is 8.91. The number of benzene rings is 8. The van der Waals surface area contributed by atoms with Crippen molar-refractivity contribution in [3.05, 3.63) is 229 Å². The molecule has 2 aromatic heterocycles. The van der Waals surface area contributed by atoms with Crippen LogP contribution in [0.3, 0.4) is 0 Å². The Morgan fingerprint density at radius 2 is 0.964 bits per heavy atom. The largest absolute Gasteiger partial charge is 0.452 e. The Balaban J connectivity index is 1.24. The molecule has 0 amide bonds. The molecule has 10 aromatic rings. The second-order valence-corrected chi connectivity index (χ2v) is 14.5. The first-order valence-electron chi connectivity index (χ1n) is 19.1. The lowest BCUT2D eigenvalue weighted by Gasteiger charge is -2.34. The van der Waals surface area contributed by atoms with Gasteiger partial charge in [0.1, 0.15) is 16.8 Å². The van der Waals surface area contributed by atoms with Gasteiger partial charge in [0, 0.05) is 16.5 Å². The maximum atomic E-state index is 6.61. The molecular weight excluding hydrogens is 681 g/mol. The van der Waals surface area contributed by atoms with Crippen molar-refractivity contribution in [2.45, 2.75) is 5.41 Å². The number of rotatable bonds is 6. The Hall–Kier alpha value is -7.36. The molecule has 0 bridgehead atoms. The number of furan rings is 1. The number of hydrogen-bond acceptors (Lipinski definition) is 3. The number of aromatic nitrogens is 2. The molecule has 0 fully saturated rings. The molecule has 0 aliphatic heterocycles. The minimum atomic E-state index is -0.537. The molecular formula is C53H34N2O. The second kappa shape index (κ2) is 12.9. The molecule has 0 saturated carbocycles. The zero-order valence-electron chi connectivity index (χ0n) is 30.4. The van der Waals surface area contributed by atoms with Crippen LogP contribution in [0.5, 0.6) is 0 Å². The fraction of sp³-hybridized carbons (Fsp3) is 0.0189. The van der Waals surface area contributed by atoms with Crippen LogP contribution >= 0.6 is 0 Å². The Kier molecular flexibility index (Phi) is 7.39. The van der Waals surface area contributed by atoms with E-state index in [0.717, 1.165) is 55.6 Å². The molecule has 56 heavy (non-hydrogen) atoms. The van der Waals surface area contributed by atoms with Crippen molar-refractivity contribution in [3.63, 3.8) is 0 Å². The predicted molar refractivity (Wildman–Crippen MR) is 228 cm³/mol. The maximum absolute atomic E-state index is 6.61. The molecule has 0 saturated heterocycles. The summed E-state index contributed by atoms with van der Waals surface area (Å²) in [5, 5.41) is 0.964. The van der Waals surface area contributed by atoms with Gasteiger partial charge in [-0.3, -0.25) is 0 Å². The van der Waals surface area contributed by atoms with Gasteiger partial charge in [0.05, 0.1) is 5.41 Å². The van der Waals surface area contributed by atoms with Crippen molar-refractivity contribution in [2.75, 3.05) is 0 Å². The highest BCUT2D eigenvalue weighted by Gasteiger charge is 2.46. The molecule has 8 aromatic carbocycles. The van der Waals surface area contributed by atoms with Gasteiger partial charge in [-0.05, 0) is 86.0 Å². The third-order valence-electron chi connectivity index (χ3n) is 11.4. The van der Waals surface area contributed by atoms with Gasteiger partial charge in [-0.15, -0.1) is 0 Å². The Bertz CT molecular complexity index is 3020. The molecule has 2 heterocycles. The lowest BCUT2D eigenvalue weighted by atomic mass is 9.67. The van der Waals surface area contributed by atoms with Crippen molar-refractivity contribution in [1.82, 2.24) is 9.97 Å². The number of para-hydroxylation sites is 1. The van der Waals surface area contributed by atoms with E-state index in [1.54, 1.807) is 0 Å². The molecule has 1 aliphatic carbocycles. The summed E-state index contributed by atoms with van der Waals surface area (Å²) >= 11 is 0. The van der Waals surface area contributed by atoms with Crippen molar-refractivity contribution in [3.8, 4) is 56.0 Å². The van der Waals surface area contributed by atoms with Gasteiger partial charge in [0.25, 0.3) is 0 Å². The predicted octanol–water partition coefficient (Wildman–Crippen LogP) is 13.4. The van der Waals surface area contributed by atoms with E-state index in [1.807, 2.05) is 24.3 Å². The topological polar surface area (TPSA) is 38.9 Å². The lowest BCUT2D eigenvalue weighted by molar-refractivity contribution is 0.667. The molecule has 0 atom stereocenters. The Labute approximate surface area is 325 Å². The van der Waals surface area contributed by atoms with Gasteiger partial charge in [-0.1, -0.05) is 176 Å². The minimum Gasteiger partial charge on any atom is -0.452 e. The van der Waals surface area contributed by atoms with Crippen molar-refractivity contribution >= 4 is 22.1 Å². The van der Waals surface area contributed by atoms with Gasteiger partial charge in [-0.2, -0.15) is 0 Å². The summed E-state index contributed by atoms with van der Waals surface area (Å²) in [4.78, 5) is 10.9. The summed E-state index contributed by atoms with van der Waals surface area (Å²) in [6, 6.07) is 73.4. The molecule has 11 rings (SSSR count). The zero-order valence-corrected chi connectivity index (χ0v) is 30.4. The van der Waals surface area contributed by atoms with E-state index in [-0.39, 0.29) is 0 Å². The molecule has 0 spiro atoms. The molecule has 3 heteroatoms. The van der Waals surface area contributed by atoms with Crippen LogP contribution in [0.25, 0.3) is 78.1 Å². The molecule has 0 radical (unpaired) electrons. The van der Waals surface area contributed by atoms with Gasteiger partial charge in [-0.25, -0.2) is 9.97 Å². The summed E-state index contributed by atoms with van der Waals surface area (Å²) in [5.74, 6) is 0.653. The summed E-state index contributed by atoms with van der Waals surface area (Å²) in [7, 11) is 0. The first kappa shape index (κ1) is 32.1. The Morgan fingerprint density at radius 3 is 1.70 bits per heavy atom. The molecule has 1 aliphatic rings. The number of hydrogen-bond donors (Lipinski definition) is 0. The van der Waals surface area contributed by atoms with E-state index < -0.39 is 5.41 Å². The SMILES string of the molecule is c1ccc(-c2cccc(-c3nc(-c4cc5c(cc4-c4ccccc4)C(c4ccccc4)(c4ccccc4)c4ccccc4-5)nc4c3oc3ccccc34)c2)cc1. The first-order valence-corrected chi connectivity index (χ1v) is 19.1. The van der Waals surface area contributed by atoms with Gasteiger partial charge < -0.3 is 4.42 Å². The average Bonchev–Trinajstić information content (AvgIpc) is 3.80. The van der Waals surface area contributed by atoms with Crippen LogP contribution in [0, 0.1) is 0 Å². The van der Waals surface area contributed by atoms with Gasteiger partial charge in [0.15, 0.2) is 11.4 Å². The fourth-order valence-corrected chi connectivity index (χ4v) is 8.91. The molecule has 3 nitrogen and oxygen atoms in total. The van der Waals surface area contributed by atoms with E-state index in [0.29, 0.717) is 11.4 Å². The summed E-state index contributed by atoms with van der Waals surface area (Å²) in [6.07, 6.45) is 0. The van der Waals surface area contributed by atoms with Crippen LogP contribution in [-0.2, 0) is 5.41 Å². The normalized spacial score (nSPS) is 12.8. The van der Waals surface area contributed by atoms with Crippen LogP contribution in [0.4, 0.5) is 0 Å². The van der Waals surface area contributed by atoms with Crippen molar-refractivity contribution in [1.29, 1.82) is 0 Å². The minimum absolute atomic E-state index is 0.537. The third kappa shape index (κ3) is 4.91. The maximum Gasteiger partial charge on any atom is 0.180 e. The quantitative estimate of drug-likeness (QED) is 0.172. The van der Waals surface area contributed by atoms with E-state index in [9.17, 15) is 0 Å².